The molecule has 1 aliphatic heterocycles. The van der Waals surface area contributed by atoms with Crippen LogP contribution in [0.1, 0.15) is 12.8 Å². The summed E-state index contributed by atoms with van der Waals surface area (Å²) in [5.41, 5.74) is 0. The number of hydrogen-bond donors (Lipinski definition) is 0. The van der Waals surface area contributed by atoms with Crippen LogP contribution < -0.4 is 0 Å². The van der Waals surface area contributed by atoms with Crippen LogP contribution in [0.25, 0.3) is 0 Å². The van der Waals surface area contributed by atoms with Gasteiger partial charge in [-0.05, 0) is 6.42 Å². The number of carbonyl (C=O) groups excluding carboxylic acids is 1. The highest BCUT2D eigenvalue weighted by Gasteiger charge is 2.09. The topological polar surface area (TPSA) is 20.3 Å². The van der Waals surface area contributed by atoms with Gasteiger partial charge in [-0.1, -0.05) is 6.08 Å². The van der Waals surface area contributed by atoms with E-state index in [-0.39, 0.29) is 5.91 Å². The predicted molar refractivity (Wildman–Crippen MR) is 31.1 cm³/mol. The lowest BCUT2D eigenvalue weighted by Crippen LogP contribution is -2.17. The van der Waals surface area contributed by atoms with Gasteiger partial charge in [-0.2, -0.15) is 0 Å². The average molecular weight is 132 g/mol. The summed E-state index contributed by atoms with van der Waals surface area (Å²) in [5.74, 6) is -0.0193. The quantitative estimate of drug-likeness (QED) is 0.454. The third-order valence-electron chi connectivity index (χ3n) is 0.999. The van der Waals surface area contributed by atoms with Gasteiger partial charge in [-0.15, -0.1) is 0 Å². The van der Waals surface area contributed by atoms with Crippen LogP contribution in [0.3, 0.4) is 0 Å². The zero-order valence-corrected chi connectivity index (χ0v) is 5.06. The minimum Gasteiger partial charge on any atom is -0.273 e. The van der Waals surface area contributed by atoms with Gasteiger partial charge in [0.25, 0.3) is 0 Å². The molecule has 3 heteroatoms. The van der Waals surface area contributed by atoms with Gasteiger partial charge in [0.1, 0.15) is 0 Å². The Morgan fingerprint density at radius 3 is 2.88 bits per heavy atom. The average Bonchev–Trinajstić information content (AvgIpc) is 1.77. The number of rotatable bonds is 0. The highest BCUT2D eigenvalue weighted by Crippen LogP contribution is 2.08. The van der Waals surface area contributed by atoms with E-state index in [1.165, 1.54) is 0 Å². The van der Waals surface area contributed by atoms with E-state index in [1.54, 1.807) is 6.20 Å². The van der Waals surface area contributed by atoms with E-state index < -0.39 is 0 Å². The van der Waals surface area contributed by atoms with Crippen molar-refractivity contribution in [3.8, 4) is 0 Å². The molecule has 0 fully saturated rings. The number of hydrogen-bond acceptors (Lipinski definition) is 1. The molecule has 44 valence electrons. The summed E-state index contributed by atoms with van der Waals surface area (Å²) in [5, 5.41) is 0. The second kappa shape index (κ2) is 2.18. The van der Waals surface area contributed by atoms with E-state index in [0.29, 0.717) is 6.42 Å². The fourth-order valence-electron chi connectivity index (χ4n) is 0.564. The Hall–Kier alpha value is -0.500. The second-order valence-corrected chi connectivity index (χ2v) is 1.99. The molecule has 0 bridgehead atoms. The van der Waals surface area contributed by atoms with Crippen LogP contribution in [-0.4, -0.2) is 10.3 Å². The first-order valence-electron chi connectivity index (χ1n) is 2.45. The van der Waals surface area contributed by atoms with Crippen molar-refractivity contribution in [2.75, 3.05) is 0 Å². The van der Waals surface area contributed by atoms with Crippen molar-refractivity contribution >= 4 is 17.7 Å². The highest BCUT2D eigenvalue weighted by atomic mass is 35.5. The molecule has 0 aromatic carbocycles. The van der Waals surface area contributed by atoms with E-state index in [2.05, 4.69) is 0 Å². The standard InChI is InChI=1S/C5H6ClNO/c6-7-4-2-1-3-5(7)8/h2,4H,1,3H2. The lowest BCUT2D eigenvalue weighted by molar-refractivity contribution is -0.125. The lowest BCUT2D eigenvalue weighted by atomic mass is 10.2. The Morgan fingerprint density at radius 2 is 2.50 bits per heavy atom. The van der Waals surface area contributed by atoms with E-state index in [4.69, 9.17) is 11.8 Å². The van der Waals surface area contributed by atoms with Crippen LogP contribution in [0, 0.1) is 0 Å². The summed E-state index contributed by atoms with van der Waals surface area (Å²) >= 11 is 5.36. The Bertz CT molecular complexity index is 132. The molecule has 0 aromatic heterocycles. The first kappa shape index (κ1) is 5.63. The Kier molecular flexibility index (Phi) is 1.53. The Labute approximate surface area is 52.8 Å². The molecule has 1 heterocycles. The number of allylic oxidation sites excluding steroid dienone is 1. The number of halogens is 1. The van der Waals surface area contributed by atoms with E-state index in [0.717, 1.165) is 10.8 Å². The molecule has 0 N–H and O–H groups in total. The van der Waals surface area contributed by atoms with Gasteiger partial charge in [0.2, 0.25) is 5.91 Å². The molecule has 0 aromatic rings. The molecule has 8 heavy (non-hydrogen) atoms. The summed E-state index contributed by atoms with van der Waals surface area (Å²) in [7, 11) is 0. The molecule has 1 aliphatic rings. The molecule has 0 unspecified atom stereocenters. The Morgan fingerprint density at radius 1 is 1.75 bits per heavy atom. The largest absolute Gasteiger partial charge is 0.273 e. The molecule has 0 spiro atoms. The molecule has 0 saturated heterocycles. The molecular formula is C5H6ClNO. The first-order valence-corrected chi connectivity index (χ1v) is 2.79. The van der Waals surface area contributed by atoms with Gasteiger partial charge in [0, 0.05) is 24.4 Å². The van der Waals surface area contributed by atoms with Gasteiger partial charge in [-0.25, -0.2) is 4.42 Å². The van der Waals surface area contributed by atoms with Crippen molar-refractivity contribution in [2.45, 2.75) is 12.8 Å². The van der Waals surface area contributed by atoms with Crippen molar-refractivity contribution in [2.24, 2.45) is 0 Å². The van der Waals surface area contributed by atoms with Gasteiger partial charge in [0.05, 0.1) is 0 Å². The van der Waals surface area contributed by atoms with Crippen LogP contribution in [0.4, 0.5) is 0 Å². The van der Waals surface area contributed by atoms with Crippen molar-refractivity contribution in [3.63, 3.8) is 0 Å². The molecular weight excluding hydrogens is 126 g/mol. The predicted octanol–water partition coefficient (Wildman–Crippen LogP) is 1.28. The van der Waals surface area contributed by atoms with E-state index >= 15 is 0 Å². The van der Waals surface area contributed by atoms with Crippen molar-refractivity contribution in [3.05, 3.63) is 12.3 Å². The number of carbonyl (C=O) groups is 1. The highest BCUT2D eigenvalue weighted by molar-refractivity contribution is 6.22. The molecule has 0 atom stereocenters. The third-order valence-corrected chi connectivity index (χ3v) is 1.30. The SMILES string of the molecule is O=C1CCC=CN1Cl. The zero-order chi connectivity index (χ0) is 5.98. The maximum atomic E-state index is 10.5. The maximum absolute atomic E-state index is 10.5. The number of amides is 1. The summed E-state index contributed by atoms with van der Waals surface area (Å²) in [4.78, 5) is 10.5. The van der Waals surface area contributed by atoms with Crippen molar-refractivity contribution in [1.82, 2.24) is 4.42 Å². The van der Waals surface area contributed by atoms with Crippen LogP contribution in [0.15, 0.2) is 12.3 Å². The molecule has 1 amide bonds. The smallest absolute Gasteiger partial charge is 0.241 e. The van der Waals surface area contributed by atoms with Crippen LogP contribution in [-0.2, 0) is 4.79 Å². The van der Waals surface area contributed by atoms with E-state index in [1.807, 2.05) is 6.08 Å². The minimum absolute atomic E-state index is 0.0193. The monoisotopic (exact) mass is 131 g/mol. The molecule has 0 aliphatic carbocycles. The van der Waals surface area contributed by atoms with Crippen LogP contribution >= 0.6 is 11.8 Å². The van der Waals surface area contributed by atoms with Gasteiger partial charge >= 0.3 is 0 Å². The van der Waals surface area contributed by atoms with Crippen LogP contribution in [0.5, 0.6) is 0 Å². The van der Waals surface area contributed by atoms with E-state index in [9.17, 15) is 4.79 Å². The zero-order valence-electron chi connectivity index (χ0n) is 4.30. The molecule has 2 nitrogen and oxygen atoms in total. The lowest BCUT2D eigenvalue weighted by Gasteiger charge is -2.10. The summed E-state index contributed by atoms with van der Waals surface area (Å²) in [6, 6.07) is 0. The molecule has 0 radical (unpaired) electrons. The van der Waals surface area contributed by atoms with Crippen LogP contribution in [0.2, 0.25) is 0 Å². The third kappa shape index (κ3) is 1.01. The second-order valence-electron chi connectivity index (χ2n) is 1.63. The first-order chi connectivity index (χ1) is 3.80. The van der Waals surface area contributed by atoms with Crippen molar-refractivity contribution in [1.29, 1.82) is 0 Å². The summed E-state index contributed by atoms with van der Waals surface area (Å²) in [6.07, 6.45) is 4.81. The fourth-order valence-corrected chi connectivity index (χ4v) is 0.728. The minimum atomic E-state index is -0.0193. The molecule has 0 saturated carbocycles. The van der Waals surface area contributed by atoms with Gasteiger partial charge < -0.3 is 0 Å². The van der Waals surface area contributed by atoms with Crippen molar-refractivity contribution < 1.29 is 4.79 Å². The maximum Gasteiger partial charge on any atom is 0.241 e. The normalized spacial score (nSPS) is 19.6. The summed E-state index contributed by atoms with van der Waals surface area (Å²) < 4.78 is 1.09. The number of nitrogens with zero attached hydrogens (tertiary/aromatic N) is 1. The fraction of sp³-hybridized carbons (Fsp3) is 0.400. The summed E-state index contributed by atoms with van der Waals surface area (Å²) in [6.45, 7) is 0. The van der Waals surface area contributed by atoms with Gasteiger partial charge in [-0.3, -0.25) is 4.79 Å². The molecule has 1 rings (SSSR count). The van der Waals surface area contributed by atoms with Gasteiger partial charge in [0.15, 0.2) is 0 Å². The Balaban J connectivity index is 2.60.